The quantitative estimate of drug-likeness (QED) is 0.822. The first-order valence-corrected chi connectivity index (χ1v) is 5.36. The standard InChI is InChI=1S/C13H13N3O2/c1-17-12-11(9-15-13(16-12)18-2)4-3-10-5-7-14-8-6-10/h3-9H,1-2H3/b4-3-. The Morgan fingerprint density at radius 1 is 1.06 bits per heavy atom. The van der Waals surface area contributed by atoms with E-state index in [2.05, 4.69) is 15.0 Å². The van der Waals surface area contributed by atoms with Crippen LogP contribution in [-0.2, 0) is 0 Å². The average molecular weight is 243 g/mol. The summed E-state index contributed by atoms with van der Waals surface area (Å²) in [6.45, 7) is 0. The lowest BCUT2D eigenvalue weighted by Crippen LogP contribution is -1.97. The maximum atomic E-state index is 5.18. The summed E-state index contributed by atoms with van der Waals surface area (Å²) >= 11 is 0. The summed E-state index contributed by atoms with van der Waals surface area (Å²) in [5.41, 5.74) is 1.83. The van der Waals surface area contributed by atoms with Crippen molar-refractivity contribution in [1.82, 2.24) is 15.0 Å². The van der Waals surface area contributed by atoms with E-state index < -0.39 is 0 Å². The van der Waals surface area contributed by atoms with Gasteiger partial charge < -0.3 is 9.47 Å². The monoisotopic (exact) mass is 243 g/mol. The van der Waals surface area contributed by atoms with Crippen LogP contribution in [0, 0.1) is 0 Å². The van der Waals surface area contributed by atoms with E-state index in [-0.39, 0.29) is 6.01 Å². The Morgan fingerprint density at radius 2 is 1.83 bits per heavy atom. The number of hydrogen-bond donors (Lipinski definition) is 0. The second kappa shape index (κ2) is 5.77. The lowest BCUT2D eigenvalue weighted by molar-refractivity contribution is 0.351. The van der Waals surface area contributed by atoms with E-state index in [4.69, 9.17) is 9.47 Å². The summed E-state index contributed by atoms with van der Waals surface area (Å²) in [5, 5.41) is 0. The molecule has 2 aromatic heterocycles. The van der Waals surface area contributed by atoms with E-state index in [0.29, 0.717) is 5.88 Å². The molecule has 0 unspecified atom stereocenters. The van der Waals surface area contributed by atoms with E-state index in [1.807, 2.05) is 24.3 Å². The van der Waals surface area contributed by atoms with Crippen LogP contribution in [0.15, 0.2) is 30.7 Å². The minimum Gasteiger partial charge on any atom is -0.480 e. The molecule has 0 aromatic carbocycles. The highest BCUT2D eigenvalue weighted by Gasteiger charge is 2.04. The molecule has 0 amide bonds. The van der Waals surface area contributed by atoms with Crippen LogP contribution >= 0.6 is 0 Å². The number of aromatic nitrogens is 3. The van der Waals surface area contributed by atoms with Crippen LogP contribution in [-0.4, -0.2) is 29.2 Å². The van der Waals surface area contributed by atoms with Crippen molar-refractivity contribution < 1.29 is 9.47 Å². The van der Waals surface area contributed by atoms with Gasteiger partial charge in [-0.15, -0.1) is 0 Å². The van der Waals surface area contributed by atoms with Gasteiger partial charge in [0.05, 0.1) is 19.8 Å². The summed E-state index contributed by atoms with van der Waals surface area (Å²) in [7, 11) is 3.08. The van der Waals surface area contributed by atoms with Crippen molar-refractivity contribution in [3.05, 3.63) is 41.9 Å². The second-order valence-corrected chi connectivity index (χ2v) is 3.44. The first kappa shape index (κ1) is 12.0. The smallest absolute Gasteiger partial charge is 0.319 e. The Labute approximate surface area is 105 Å². The molecule has 18 heavy (non-hydrogen) atoms. The van der Waals surface area contributed by atoms with Crippen LogP contribution in [0.1, 0.15) is 11.1 Å². The van der Waals surface area contributed by atoms with Crippen LogP contribution in [0.25, 0.3) is 12.2 Å². The molecular weight excluding hydrogens is 230 g/mol. The Hall–Kier alpha value is -2.43. The normalized spacial score (nSPS) is 10.6. The molecule has 5 nitrogen and oxygen atoms in total. The van der Waals surface area contributed by atoms with Crippen LogP contribution in [0.4, 0.5) is 0 Å². The van der Waals surface area contributed by atoms with Crippen LogP contribution in [0.2, 0.25) is 0 Å². The predicted octanol–water partition coefficient (Wildman–Crippen LogP) is 2.06. The Kier molecular flexibility index (Phi) is 3.86. The van der Waals surface area contributed by atoms with Gasteiger partial charge in [-0.1, -0.05) is 6.08 Å². The van der Waals surface area contributed by atoms with Crippen LogP contribution < -0.4 is 9.47 Å². The third-order valence-electron chi connectivity index (χ3n) is 2.30. The van der Waals surface area contributed by atoms with E-state index in [1.165, 1.54) is 7.11 Å². The molecule has 2 heterocycles. The minimum absolute atomic E-state index is 0.285. The van der Waals surface area contributed by atoms with Crippen molar-refractivity contribution >= 4 is 12.2 Å². The molecule has 0 aliphatic heterocycles. The Balaban J connectivity index is 2.26. The third-order valence-corrected chi connectivity index (χ3v) is 2.30. The lowest BCUT2D eigenvalue weighted by atomic mass is 10.2. The van der Waals surface area contributed by atoms with Crippen molar-refractivity contribution in [1.29, 1.82) is 0 Å². The zero-order chi connectivity index (χ0) is 12.8. The van der Waals surface area contributed by atoms with Gasteiger partial charge >= 0.3 is 6.01 Å². The van der Waals surface area contributed by atoms with Gasteiger partial charge in [-0.25, -0.2) is 4.98 Å². The Morgan fingerprint density at radius 3 is 2.50 bits per heavy atom. The third kappa shape index (κ3) is 2.82. The molecule has 2 rings (SSSR count). The second-order valence-electron chi connectivity index (χ2n) is 3.44. The SMILES string of the molecule is COc1ncc(/C=C\c2ccncc2)c(OC)n1. The van der Waals surface area contributed by atoms with Crippen molar-refractivity contribution in [2.24, 2.45) is 0 Å². The first-order chi connectivity index (χ1) is 8.83. The number of nitrogens with zero attached hydrogens (tertiary/aromatic N) is 3. The number of pyridine rings is 1. The van der Waals surface area contributed by atoms with Gasteiger partial charge in [0.1, 0.15) is 0 Å². The highest BCUT2D eigenvalue weighted by Crippen LogP contribution is 2.19. The molecule has 0 N–H and O–H groups in total. The van der Waals surface area contributed by atoms with Gasteiger partial charge in [0.15, 0.2) is 0 Å². The molecule has 0 bridgehead atoms. The molecule has 0 saturated heterocycles. The van der Waals surface area contributed by atoms with Gasteiger partial charge in [0.2, 0.25) is 5.88 Å². The maximum absolute atomic E-state index is 5.18. The zero-order valence-electron chi connectivity index (χ0n) is 10.2. The molecule has 2 aromatic rings. The number of hydrogen-bond acceptors (Lipinski definition) is 5. The van der Waals surface area contributed by atoms with Crippen molar-refractivity contribution in [2.45, 2.75) is 0 Å². The van der Waals surface area contributed by atoms with Gasteiger partial charge in [-0.3, -0.25) is 4.98 Å². The summed E-state index contributed by atoms with van der Waals surface area (Å²) in [6.07, 6.45) is 8.95. The predicted molar refractivity (Wildman–Crippen MR) is 68.3 cm³/mol. The fourth-order valence-corrected chi connectivity index (χ4v) is 1.40. The first-order valence-electron chi connectivity index (χ1n) is 5.36. The molecule has 0 radical (unpaired) electrons. The van der Waals surface area contributed by atoms with Gasteiger partial charge in [0, 0.05) is 18.6 Å². The van der Waals surface area contributed by atoms with Crippen molar-refractivity contribution in [3.63, 3.8) is 0 Å². The molecular formula is C13H13N3O2. The van der Waals surface area contributed by atoms with Crippen LogP contribution in [0.5, 0.6) is 11.9 Å². The van der Waals surface area contributed by atoms with Crippen molar-refractivity contribution in [3.8, 4) is 11.9 Å². The summed E-state index contributed by atoms with van der Waals surface area (Å²) in [5.74, 6) is 0.479. The molecule has 0 spiro atoms. The fourth-order valence-electron chi connectivity index (χ4n) is 1.40. The van der Waals surface area contributed by atoms with E-state index in [9.17, 15) is 0 Å². The lowest BCUT2D eigenvalue weighted by Gasteiger charge is -2.04. The zero-order valence-corrected chi connectivity index (χ0v) is 10.2. The van der Waals surface area contributed by atoms with E-state index >= 15 is 0 Å². The summed E-state index contributed by atoms with van der Waals surface area (Å²) < 4.78 is 10.1. The Bertz CT molecular complexity index is 541. The molecule has 0 aliphatic rings. The minimum atomic E-state index is 0.285. The molecule has 0 saturated carbocycles. The van der Waals surface area contributed by atoms with Gasteiger partial charge in [0.25, 0.3) is 0 Å². The van der Waals surface area contributed by atoms with Gasteiger partial charge in [-0.05, 0) is 23.8 Å². The molecule has 92 valence electrons. The van der Waals surface area contributed by atoms with Gasteiger partial charge in [-0.2, -0.15) is 4.98 Å². The van der Waals surface area contributed by atoms with E-state index in [0.717, 1.165) is 11.1 Å². The maximum Gasteiger partial charge on any atom is 0.319 e. The fraction of sp³-hybridized carbons (Fsp3) is 0.154. The highest BCUT2D eigenvalue weighted by atomic mass is 16.5. The molecule has 0 fully saturated rings. The van der Waals surface area contributed by atoms with Crippen molar-refractivity contribution in [2.75, 3.05) is 14.2 Å². The number of ether oxygens (including phenoxy) is 2. The molecule has 5 heteroatoms. The number of rotatable bonds is 4. The summed E-state index contributed by atoms with van der Waals surface area (Å²) in [6, 6.07) is 4.11. The number of methoxy groups -OCH3 is 2. The summed E-state index contributed by atoms with van der Waals surface area (Å²) in [4.78, 5) is 12.1. The average Bonchev–Trinajstić information content (AvgIpc) is 2.46. The topological polar surface area (TPSA) is 57.1 Å². The van der Waals surface area contributed by atoms with E-state index in [1.54, 1.807) is 25.7 Å². The molecule has 0 atom stereocenters. The van der Waals surface area contributed by atoms with Crippen LogP contribution in [0.3, 0.4) is 0 Å². The largest absolute Gasteiger partial charge is 0.480 e. The highest BCUT2D eigenvalue weighted by molar-refractivity contribution is 5.71. The molecule has 0 aliphatic carbocycles.